The van der Waals surface area contributed by atoms with Crippen LogP contribution in [0, 0.1) is 12.7 Å². The van der Waals surface area contributed by atoms with Crippen LogP contribution in [0.5, 0.6) is 0 Å². The van der Waals surface area contributed by atoms with Crippen LogP contribution < -0.4 is 11.3 Å². The van der Waals surface area contributed by atoms with Gasteiger partial charge in [-0.1, -0.05) is 35.9 Å². The highest BCUT2D eigenvalue weighted by Gasteiger charge is 2.14. The molecule has 2 aromatic carbocycles. The van der Waals surface area contributed by atoms with Crippen LogP contribution in [0.3, 0.4) is 0 Å². The van der Waals surface area contributed by atoms with Crippen molar-refractivity contribution in [2.75, 3.05) is 0 Å². The van der Waals surface area contributed by atoms with Crippen molar-refractivity contribution in [3.05, 3.63) is 70.0 Å². The number of rotatable bonds is 5. The van der Waals surface area contributed by atoms with Gasteiger partial charge in [-0.15, -0.1) is 0 Å². The Bertz CT molecular complexity index is 586. The summed E-state index contributed by atoms with van der Waals surface area (Å²) in [6.07, 6.45) is 1.61. The van der Waals surface area contributed by atoms with Crippen LogP contribution in [0.2, 0.25) is 5.02 Å². The second-order valence-electron chi connectivity index (χ2n) is 4.85. The summed E-state index contributed by atoms with van der Waals surface area (Å²) in [5.41, 5.74) is 5.93. The van der Waals surface area contributed by atoms with Crippen LogP contribution in [0.4, 0.5) is 4.39 Å². The number of benzene rings is 2. The molecule has 2 nitrogen and oxygen atoms in total. The summed E-state index contributed by atoms with van der Waals surface area (Å²) in [5.74, 6) is 5.29. The average Bonchev–Trinajstić information content (AvgIpc) is 2.45. The maximum absolute atomic E-state index is 13.3. The molecule has 0 aliphatic carbocycles. The molecule has 3 N–H and O–H groups in total. The number of nitrogens with two attached hydrogens (primary N) is 1. The lowest BCUT2D eigenvalue weighted by atomic mass is 9.97. The van der Waals surface area contributed by atoms with Crippen molar-refractivity contribution in [1.82, 2.24) is 5.43 Å². The molecule has 0 fully saturated rings. The third-order valence-electron chi connectivity index (χ3n) is 3.50. The van der Waals surface area contributed by atoms with E-state index in [-0.39, 0.29) is 11.9 Å². The predicted molar refractivity (Wildman–Crippen MR) is 81.0 cm³/mol. The fraction of sp³-hybridized carbons (Fsp3) is 0.250. The molecule has 1 unspecified atom stereocenters. The summed E-state index contributed by atoms with van der Waals surface area (Å²) in [6, 6.07) is 12.4. The van der Waals surface area contributed by atoms with E-state index in [9.17, 15) is 4.39 Å². The minimum Gasteiger partial charge on any atom is -0.271 e. The highest BCUT2D eigenvalue weighted by atomic mass is 35.5. The minimum absolute atomic E-state index is 0.169. The summed E-state index contributed by atoms with van der Waals surface area (Å²) in [7, 11) is 0. The van der Waals surface area contributed by atoms with E-state index in [1.807, 2.05) is 12.1 Å². The zero-order valence-electron chi connectivity index (χ0n) is 11.4. The summed E-state index contributed by atoms with van der Waals surface area (Å²) in [4.78, 5) is 0. The van der Waals surface area contributed by atoms with E-state index in [2.05, 4.69) is 24.5 Å². The zero-order valence-corrected chi connectivity index (χ0v) is 12.1. The fourth-order valence-corrected chi connectivity index (χ4v) is 2.55. The van der Waals surface area contributed by atoms with Gasteiger partial charge in [0, 0.05) is 11.1 Å². The van der Waals surface area contributed by atoms with Gasteiger partial charge < -0.3 is 0 Å². The molecule has 0 aliphatic heterocycles. The topological polar surface area (TPSA) is 38.0 Å². The number of hydrogen-bond donors (Lipinski definition) is 2. The zero-order chi connectivity index (χ0) is 14.5. The SMILES string of the molecule is Cc1ccccc1CCC(NN)c1cc(F)ccc1Cl. The van der Waals surface area contributed by atoms with E-state index >= 15 is 0 Å². The van der Waals surface area contributed by atoms with Crippen molar-refractivity contribution in [2.24, 2.45) is 5.84 Å². The largest absolute Gasteiger partial charge is 0.271 e. The first-order valence-corrected chi connectivity index (χ1v) is 6.95. The van der Waals surface area contributed by atoms with Gasteiger partial charge in [0.1, 0.15) is 5.82 Å². The van der Waals surface area contributed by atoms with E-state index in [1.165, 1.54) is 23.3 Å². The van der Waals surface area contributed by atoms with Gasteiger partial charge in [0.25, 0.3) is 0 Å². The van der Waals surface area contributed by atoms with Gasteiger partial charge in [-0.3, -0.25) is 11.3 Å². The maximum atomic E-state index is 13.3. The molecule has 2 rings (SSSR count). The Morgan fingerprint density at radius 2 is 2.00 bits per heavy atom. The van der Waals surface area contributed by atoms with Crippen molar-refractivity contribution >= 4 is 11.6 Å². The van der Waals surface area contributed by atoms with Gasteiger partial charge in [0.15, 0.2) is 0 Å². The first-order valence-electron chi connectivity index (χ1n) is 6.57. The molecule has 0 spiro atoms. The summed E-state index contributed by atoms with van der Waals surface area (Å²) >= 11 is 6.12. The Hall–Kier alpha value is -1.42. The molecule has 0 aromatic heterocycles. The van der Waals surface area contributed by atoms with Crippen LogP contribution >= 0.6 is 11.6 Å². The molecule has 0 amide bonds. The van der Waals surface area contributed by atoms with Crippen molar-refractivity contribution in [3.8, 4) is 0 Å². The van der Waals surface area contributed by atoms with Gasteiger partial charge >= 0.3 is 0 Å². The molecule has 0 aliphatic rings. The predicted octanol–water partition coefficient (Wildman–Crippen LogP) is 3.92. The van der Waals surface area contributed by atoms with Crippen LogP contribution in [0.25, 0.3) is 0 Å². The number of hydrogen-bond acceptors (Lipinski definition) is 2. The molecule has 20 heavy (non-hydrogen) atoms. The van der Waals surface area contributed by atoms with E-state index in [0.717, 1.165) is 12.8 Å². The first kappa shape index (κ1) is 15.0. The normalized spacial score (nSPS) is 12.4. The van der Waals surface area contributed by atoms with Crippen molar-refractivity contribution in [2.45, 2.75) is 25.8 Å². The Kier molecular flexibility index (Phi) is 5.12. The van der Waals surface area contributed by atoms with Crippen LogP contribution in [-0.2, 0) is 6.42 Å². The quantitative estimate of drug-likeness (QED) is 0.647. The number of nitrogens with one attached hydrogen (secondary N) is 1. The molecule has 0 saturated heterocycles. The molecule has 0 saturated carbocycles. The van der Waals surface area contributed by atoms with E-state index in [1.54, 1.807) is 6.07 Å². The number of aryl methyl sites for hydroxylation is 2. The standard InChI is InChI=1S/C16H18ClFN2/c1-11-4-2-3-5-12(11)6-9-16(20-19)14-10-13(18)7-8-15(14)17/h2-5,7-8,10,16,20H,6,9,19H2,1H3. The second kappa shape index (κ2) is 6.84. The molecule has 0 radical (unpaired) electrons. The summed E-state index contributed by atoms with van der Waals surface area (Å²) in [6.45, 7) is 2.08. The molecular weight excluding hydrogens is 275 g/mol. The Morgan fingerprint density at radius 1 is 1.25 bits per heavy atom. The van der Waals surface area contributed by atoms with Gasteiger partial charge in [-0.2, -0.15) is 0 Å². The fourth-order valence-electron chi connectivity index (χ4n) is 2.30. The maximum Gasteiger partial charge on any atom is 0.123 e. The van der Waals surface area contributed by atoms with Gasteiger partial charge in [-0.25, -0.2) is 4.39 Å². The molecule has 0 bridgehead atoms. The lowest BCUT2D eigenvalue weighted by Crippen LogP contribution is -2.28. The lowest BCUT2D eigenvalue weighted by molar-refractivity contribution is 0.511. The third-order valence-corrected chi connectivity index (χ3v) is 3.84. The van der Waals surface area contributed by atoms with E-state index in [0.29, 0.717) is 10.6 Å². The number of hydrazine groups is 1. The monoisotopic (exact) mass is 292 g/mol. The van der Waals surface area contributed by atoms with Gasteiger partial charge in [-0.05, 0) is 54.7 Å². The Morgan fingerprint density at radius 3 is 2.70 bits per heavy atom. The molecule has 4 heteroatoms. The van der Waals surface area contributed by atoms with E-state index < -0.39 is 0 Å². The number of halogens is 2. The van der Waals surface area contributed by atoms with Crippen LogP contribution in [0.15, 0.2) is 42.5 Å². The minimum atomic E-state index is -0.305. The average molecular weight is 293 g/mol. The molecule has 2 aromatic rings. The third kappa shape index (κ3) is 3.57. The molecular formula is C16H18ClFN2. The van der Waals surface area contributed by atoms with Gasteiger partial charge in [0.2, 0.25) is 0 Å². The van der Waals surface area contributed by atoms with Crippen molar-refractivity contribution in [1.29, 1.82) is 0 Å². The van der Waals surface area contributed by atoms with Crippen LogP contribution in [0.1, 0.15) is 29.2 Å². The van der Waals surface area contributed by atoms with Crippen molar-refractivity contribution < 1.29 is 4.39 Å². The van der Waals surface area contributed by atoms with Crippen LogP contribution in [-0.4, -0.2) is 0 Å². The summed E-state index contributed by atoms with van der Waals surface area (Å²) < 4.78 is 13.3. The smallest absolute Gasteiger partial charge is 0.123 e. The van der Waals surface area contributed by atoms with E-state index in [4.69, 9.17) is 17.4 Å². The highest BCUT2D eigenvalue weighted by molar-refractivity contribution is 6.31. The first-order chi connectivity index (χ1) is 9.61. The lowest BCUT2D eigenvalue weighted by Gasteiger charge is -2.18. The Labute approximate surface area is 123 Å². The Balaban J connectivity index is 2.13. The second-order valence-corrected chi connectivity index (χ2v) is 5.26. The molecule has 1 atom stereocenters. The summed E-state index contributed by atoms with van der Waals surface area (Å²) in [5, 5.41) is 0.527. The van der Waals surface area contributed by atoms with Crippen molar-refractivity contribution in [3.63, 3.8) is 0 Å². The highest BCUT2D eigenvalue weighted by Crippen LogP contribution is 2.27. The molecule has 0 heterocycles. The molecule has 106 valence electrons. The van der Waals surface area contributed by atoms with Gasteiger partial charge in [0.05, 0.1) is 0 Å².